The summed E-state index contributed by atoms with van der Waals surface area (Å²) in [6.07, 6.45) is 1.21. The molecule has 19 heteroatoms. The molecule has 17 nitrogen and oxygen atoms in total. The van der Waals surface area contributed by atoms with Gasteiger partial charge in [-0.3, -0.25) is 23.9 Å². The number of β-amino-alcohol motifs (C(OH)–C–C–N with tert-alkyl or cyclic N) is 1. The average molecular weight is 897 g/mol. The minimum Gasteiger partial charge on any atom is -0.450 e. The first-order valence-corrected chi connectivity index (χ1v) is 21.7. The van der Waals surface area contributed by atoms with Crippen molar-refractivity contribution in [3.8, 4) is 10.4 Å². The highest BCUT2D eigenvalue weighted by atomic mass is 32.1. The van der Waals surface area contributed by atoms with Gasteiger partial charge in [0.05, 0.1) is 52.4 Å². The average Bonchev–Trinajstić information content (AvgIpc) is 4.02. The molecule has 3 heterocycles. The van der Waals surface area contributed by atoms with Gasteiger partial charge in [-0.1, -0.05) is 62.4 Å². The van der Waals surface area contributed by atoms with Gasteiger partial charge in [-0.2, -0.15) is 0 Å². The zero-order valence-electron chi connectivity index (χ0n) is 36.1. The van der Waals surface area contributed by atoms with E-state index in [0.29, 0.717) is 29.8 Å². The predicted octanol–water partition coefficient (Wildman–Crippen LogP) is 4.74. The van der Waals surface area contributed by atoms with E-state index in [9.17, 15) is 33.5 Å². The molecule has 3 atom stereocenters. The normalized spacial score (nSPS) is 15.3. The Morgan fingerprint density at radius 2 is 1.70 bits per heavy atom. The minimum absolute atomic E-state index is 0.000875. The molecule has 0 saturated carbocycles. The second kappa shape index (κ2) is 21.1. The number of thiazole rings is 1. The number of rotatable bonds is 17. The van der Waals surface area contributed by atoms with Crippen molar-refractivity contribution in [2.45, 2.75) is 91.2 Å². The molecule has 1 aliphatic rings. The number of hydrogen-bond donors (Lipinski definition) is 6. The Morgan fingerprint density at radius 1 is 1.00 bits per heavy atom. The number of carbonyl (C=O) groups excluding carboxylic acids is 5. The van der Waals surface area contributed by atoms with E-state index < -0.39 is 53.2 Å². The molecule has 1 fully saturated rings. The summed E-state index contributed by atoms with van der Waals surface area (Å²) in [6.45, 7) is 8.12. The zero-order valence-corrected chi connectivity index (χ0v) is 36.9. The van der Waals surface area contributed by atoms with Crippen molar-refractivity contribution in [3.63, 3.8) is 0 Å². The maximum atomic E-state index is 14.0. The van der Waals surface area contributed by atoms with Gasteiger partial charge < -0.3 is 41.7 Å². The number of hydrogen-bond acceptors (Lipinski definition) is 12. The molecule has 0 bridgehead atoms. The van der Waals surface area contributed by atoms with Crippen molar-refractivity contribution in [1.29, 1.82) is 0 Å². The molecule has 5 amide bonds. The van der Waals surface area contributed by atoms with Crippen LogP contribution in [0, 0.1) is 18.2 Å². The Hall–Kier alpha value is -6.73. The Bertz CT molecular complexity index is 2430. The predicted molar refractivity (Wildman–Crippen MR) is 238 cm³/mol. The fraction of sp³-hybridized carbons (Fsp3) is 0.378. The molecule has 0 radical (unpaired) electrons. The zero-order chi connectivity index (χ0) is 46.0. The number of alkyl carbamates (subject to hydrolysis) is 1. The highest BCUT2D eigenvalue weighted by Gasteiger charge is 2.44. The van der Waals surface area contributed by atoms with Gasteiger partial charge in [-0.25, -0.2) is 14.2 Å². The van der Waals surface area contributed by atoms with Gasteiger partial charge in [0.25, 0.3) is 5.91 Å². The molecule has 64 heavy (non-hydrogen) atoms. The van der Waals surface area contributed by atoms with Crippen LogP contribution >= 0.6 is 11.3 Å². The highest BCUT2D eigenvalue weighted by Crippen LogP contribution is 2.29. The van der Waals surface area contributed by atoms with Gasteiger partial charge in [-0.05, 0) is 72.2 Å². The number of nitrogens with zero attached hydrogens (tertiary/aromatic N) is 5. The van der Waals surface area contributed by atoms with Crippen LogP contribution in [0.15, 0.2) is 78.4 Å². The number of carbonyl (C=O) groups is 5. The Balaban J connectivity index is 0.898. The monoisotopic (exact) mass is 896 g/mol. The topological polar surface area (TPSA) is 236 Å². The number of halogens is 1. The third kappa shape index (κ3) is 12.7. The van der Waals surface area contributed by atoms with Crippen LogP contribution in [0.4, 0.5) is 20.6 Å². The van der Waals surface area contributed by atoms with E-state index in [1.54, 1.807) is 47.3 Å². The van der Waals surface area contributed by atoms with Crippen LogP contribution in [0.25, 0.3) is 10.4 Å². The smallest absolute Gasteiger partial charge is 0.407 e. The maximum absolute atomic E-state index is 14.0. The molecule has 1 saturated heterocycles. The van der Waals surface area contributed by atoms with Crippen molar-refractivity contribution in [3.05, 3.63) is 112 Å². The molecule has 0 aliphatic carbocycles. The Morgan fingerprint density at radius 3 is 2.38 bits per heavy atom. The second-order valence-corrected chi connectivity index (χ2v) is 17.5. The van der Waals surface area contributed by atoms with Gasteiger partial charge in [-0.15, -0.1) is 16.4 Å². The van der Waals surface area contributed by atoms with Gasteiger partial charge in [0.2, 0.25) is 17.7 Å². The van der Waals surface area contributed by atoms with Crippen molar-refractivity contribution in [2.75, 3.05) is 24.2 Å². The van der Waals surface area contributed by atoms with Crippen LogP contribution < -0.4 is 27.0 Å². The summed E-state index contributed by atoms with van der Waals surface area (Å²) in [5.74, 6) is -2.15. The first kappa shape index (κ1) is 46.8. The number of aliphatic hydroxyl groups excluding tert-OH is 1. The number of benzene rings is 3. The molecule has 7 N–H and O–H groups in total. The van der Waals surface area contributed by atoms with Crippen LogP contribution in [-0.4, -0.2) is 91.0 Å². The molecule has 338 valence electrons. The van der Waals surface area contributed by atoms with Crippen LogP contribution in [0.1, 0.15) is 72.9 Å². The van der Waals surface area contributed by atoms with Crippen molar-refractivity contribution in [1.82, 2.24) is 40.8 Å². The number of amides is 5. The van der Waals surface area contributed by atoms with Crippen molar-refractivity contribution < 1.29 is 38.2 Å². The van der Waals surface area contributed by atoms with Crippen molar-refractivity contribution >= 4 is 52.4 Å². The summed E-state index contributed by atoms with van der Waals surface area (Å²) in [6, 6.07) is 16.2. The molecule has 1 aliphatic heterocycles. The van der Waals surface area contributed by atoms with E-state index in [-0.39, 0.29) is 57.2 Å². The number of aromatic nitrogens is 4. The first-order chi connectivity index (χ1) is 30.5. The summed E-state index contributed by atoms with van der Waals surface area (Å²) >= 11 is 1.56. The first-order valence-electron chi connectivity index (χ1n) is 20.8. The minimum atomic E-state index is -0.971. The van der Waals surface area contributed by atoms with E-state index in [4.69, 9.17) is 10.5 Å². The molecular weight excluding hydrogens is 844 g/mol. The lowest BCUT2D eigenvalue weighted by Gasteiger charge is -2.35. The number of anilines is 2. The van der Waals surface area contributed by atoms with Crippen LogP contribution in [0.3, 0.4) is 0 Å². The SMILES string of the molecule is Cc1ncsc1-c1ccc(CNC(=O)[C@H]2C[C@H](O)CN2C(=O)[C@H](NC(=O)CCn2cc(CCCOC(=O)NCc3ccc(C(=O)Nc4ccc(F)cc4N)cc3)nn2)C(C)(C)C)cc1. The molecule has 5 aromatic rings. The van der Waals surface area contributed by atoms with E-state index in [0.717, 1.165) is 33.3 Å². The largest absolute Gasteiger partial charge is 0.450 e. The molecule has 0 unspecified atom stereocenters. The maximum Gasteiger partial charge on any atom is 0.407 e. The van der Waals surface area contributed by atoms with E-state index in [1.165, 1.54) is 21.7 Å². The van der Waals surface area contributed by atoms with Crippen molar-refractivity contribution in [2.24, 2.45) is 5.41 Å². The second-order valence-electron chi connectivity index (χ2n) is 16.6. The Labute approximate surface area is 374 Å². The number of nitrogen functional groups attached to an aromatic ring is 1. The fourth-order valence-corrected chi connectivity index (χ4v) is 7.86. The van der Waals surface area contributed by atoms with Gasteiger partial charge in [0, 0.05) is 44.2 Å². The number of nitrogens with two attached hydrogens (primary N) is 1. The lowest BCUT2D eigenvalue weighted by molar-refractivity contribution is -0.144. The summed E-state index contributed by atoms with van der Waals surface area (Å²) in [4.78, 5) is 72.3. The van der Waals surface area contributed by atoms with Gasteiger partial charge in [0.15, 0.2) is 0 Å². The number of aryl methyl sites for hydroxylation is 3. The number of aliphatic hydroxyl groups is 1. The summed E-state index contributed by atoms with van der Waals surface area (Å²) in [5.41, 5.74) is 11.9. The number of ether oxygens (including phenoxy) is 1. The van der Waals surface area contributed by atoms with E-state index in [2.05, 4.69) is 36.6 Å². The van der Waals surface area contributed by atoms with E-state index in [1.807, 2.05) is 52.0 Å². The van der Waals surface area contributed by atoms with Gasteiger partial charge >= 0.3 is 6.09 Å². The lowest BCUT2D eigenvalue weighted by atomic mass is 9.85. The quantitative estimate of drug-likeness (QED) is 0.0551. The van der Waals surface area contributed by atoms with Gasteiger partial charge in [0.1, 0.15) is 17.9 Å². The third-order valence-electron chi connectivity index (χ3n) is 10.6. The summed E-state index contributed by atoms with van der Waals surface area (Å²) in [7, 11) is 0. The standard InChI is InChI=1S/C45H53FN10O7S/c1-27-39(64-26-50-27)30-11-7-28(8-12-30)22-48-42(60)37-21-34(57)25-56(37)43(61)40(45(2,3)4)52-38(58)17-18-55-24-33(53-54-55)6-5-19-63-44(62)49-23-29-9-13-31(14-10-29)41(59)51-36-16-15-32(46)20-35(36)47/h7-16,20,24,26,34,37,40,57H,5-6,17-19,21-23,25,47H2,1-4H3,(H,48,60)(H,49,62)(H,51,59)(H,52,58)/t34-,37+,40-/m0/s1. The molecule has 3 aromatic carbocycles. The third-order valence-corrected chi connectivity index (χ3v) is 11.6. The van der Waals surface area contributed by atoms with E-state index >= 15 is 0 Å². The molecule has 2 aromatic heterocycles. The van der Waals surface area contributed by atoms with Crippen LogP contribution in [0.2, 0.25) is 0 Å². The highest BCUT2D eigenvalue weighted by molar-refractivity contribution is 7.13. The fourth-order valence-electron chi connectivity index (χ4n) is 7.05. The molecule has 6 rings (SSSR count). The molecular formula is C45H53FN10O7S. The summed E-state index contributed by atoms with van der Waals surface area (Å²) < 4.78 is 20.1. The van der Waals surface area contributed by atoms with Crippen LogP contribution in [-0.2, 0) is 45.2 Å². The van der Waals surface area contributed by atoms with Crippen LogP contribution in [0.5, 0.6) is 0 Å². The number of likely N-dealkylation sites (tertiary alicyclic amines) is 1. The number of nitrogens with one attached hydrogen (secondary N) is 4. The molecule has 0 spiro atoms. The summed E-state index contributed by atoms with van der Waals surface area (Å²) in [5, 5.41) is 29.9. The Kier molecular flexibility index (Phi) is 15.4. The lowest BCUT2D eigenvalue weighted by Crippen LogP contribution is -2.57.